The van der Waals surface area contributed by atoms with Crippen molar-refractivity contribution in [1.82, 2.24) is 0 Å². The van der Waals surface area contributed by atoms with Crippen molar-refractivity contribution >= 4 is 10.8 Å². The number of hydrogen-bond acceptors (Lipinski definition) is 2. The zero-order valence-corrected chi connectivity index (χ0v) is 25.8. The van der Waals surface area contributed by atoms with E-state index in [9.17, 15) is 40.0 Å². The molecule has 4 aliphatic rings. The summed E-state index contributed by atoms with van der Waals surface area (Å²) >= 11 is 0. The van der Waals surface area contributed by atoms with Gasteiger partial charge in [-0.3, -0.25) is 4.21 Å². The molecule has 0 aromatic heterocycles. The fourth-order valence-electron chi connectivity index (χ4n) is 9.39. The van der Waals surface area contributed by atoms with Gasteiger partial charge in [0, 0.05) is 16.6 Å². The van der Waals surface area contributed by atoms with Gasteiger partial charge in [0.2, 0.25) is 0 Å². The van der Waals surface area contributed by atoms with Crippen LogP contribution in [0.15, 0.2) is 18.2 Å². The molecule has 6 atom stereocenters. The SMILES string of the molecule is C[C@]12CCC3c4ccc(O)cc4C[C@@H](CCCCCCCCCS(=O)CC(F)(F)C(F)(F)C(F)(F)F)C3C1CCC21CC1. The first-order chi connectivity index (χ1) is 20.1. The van der Waals surface area contributed by atoms with Crippen LogP contribution in [0.2, 0.25) is 0 Å². The molecule has 10 heteroatoms. The molecule has 0 saturated heterocycles. The third-order valence-electron chi connectivity index (χ3n) is 11.9. The van der Waals surface area contributed by atoms with Crippen molar-refractivity contribution in [1.29, 1.82) is 0 Å². The van der Waals surface area contributed by atoms with Gasteiger partial charge in [0.05, 0.1) is 5.75 Å². The van der Waals surface area contributed by atoms with E-state index in [1.807, 2.05) is 12.1 Å². The second-order valence-corrected chi connectivity index (χ2v) is 15.8. The molecule has 2 nitrogen and oxygen atoms in total. The molecule has 3 saturated carbocycles. The molecule has 0 heterocycles. The summed E-state index contributed by atoms with van der Waals surface area (Å²) in [6.45, 7) is 2.58. The molecule has 1 N–H and O–H groups in total. The highest BCUT2D eigenvalue weighted by atomic mass is 32.2. The predicted molar refractivity (Wildman–Crippen MR) is 154 cm³/mol. The van der Waals surface area contributed by atoms with Crippen molar-refractivity contribution in [2.45, 2.75) is 127 Å². The number of rotatable bonds is 13. The van der Waals surface area contributed by atoms with E-state index in [1.165, 1.54) is 49.7 Å². The highest BCUT2D eigenvalue weighted by Gasteiger charge is 2.73. The number of phenolic OH excluding ortho intramolecular Hbond substituents is 1. The minimum atomic E-state index is -6.39. The fraction of sp³-hybridized carbons (Fsp3) is 0.818. The monoisotopic (exact) mass is 638 g/mol. The first-order valence-corrected chi connectivity index (χ1v) is 17.6. The molecule has 1 spiro atoms. The summed E-state index contributed by atoms with van der Waals surface area (Å²) in [5.74, 6) is -10.9. The topological polar surface area (TPSA) is 37.3 Å². The van der Waals surface area contributed by atoms with Crippen molar-refractivity contribution in [3.05, 3.63) is 29.3 Å². The molecular formula is C33H45F7O2S. The summed E-state index contributed by atoms with van der Waals surface area (Å²) < 4.78 is 102. The van der Waals surface area contributed by atoms with Gasteiger partial charge >= 0.3 is 18.0 Å². The number of hydrogen-bond donors (Lipinski definition) is 1. The molecule has 1 aromatic rings. The predicted octanol–water partition coefficient (Wildman–Crippen LogP) is 9.96. The Morgan fingerprint density at radius 2 is 1.53 bits per heavy atom. The maximum absolute atomic E-state index is 13.5. The summed E-state index contributed by atoms with van der Waals surface area (Å²) in [4.78, 5) is 0. The molecule has 5 rings (SSSR count). The molecule has 4 unspecified atom stereocenters. The Morgan fingerprint density at radius 1 is 0.884 bits per heavy atom. The van der Waals surface area contributed by atoms with Crippen LogP contribution in [0, 0.1) is 28.6 Å². The number of fused-ring (bicyclic) bond motifs is 6. The van der Waals surface area contributed by atoms with Crippen LogP contribution in [0.3, 0.4) is 0 Å². The van der Waals surface area contributed by atoms with Crippen molar-refractivity contribution in [2.75, 3.05) is 11.5 Å². The van der Waals surface area contributed by atoms with Crippen LogP contribution in [0.5, 0.6) is 5.75 Å². The number of aromatic hydroxyl groups is 1. The molecule has 0 radical (unpaired) electrons. The summed E-state index contributed by atoms with van der Waals surface area (Å²) in [5.41, 5.74) is 3.81. The van der Waals surface area contributed by atoms with Crippen LogP contribution in [-0.2, 0) is 17.2 Å². The Kier molecular flexibility index (Phi) is 9.32. The lowest BCUT2D eigenvalue weighted by molar-refractivity contribution is -0.348. The van der Waals surface area contributed by atoms with Gasteiger partial charge in [0.15, 0.2) is 0 Å². The third kappa shape index (κ3) is 6.25. The molecule has 3 fully saturated rings. The van der Waals surface area contributed by atoms with Crippen LogP contribution in [0.4, 0.5) is 30.7 Å². The molecule has 0 amide bonds. The van der Waals surface area contributed by atoms with Gasteiger partial charge in [0.1, 0.15) is 5.75 Å². The Hall–Kier alpha value is -1.32. The van der Waals surface area contributed by atoms with Gasteiger partial charge in [-0.25, -0.2) is 0 Å². The van der Waals surface area contributed by atoms with Crippen molar-refractivity contribution in [2.24, 2.45) is 28.6 Å². The second kappa shape index (κ2) is 12.1. The largest absolute Gasteiger partial charge is 0.508 e. The summed E-state index contributed by atoms with van der Waals surface area (Å²) in [6.07, 6.45) is 9.52. The summed E-state index contributed by atoms with van der Waals surface area (Å²) in [5, 5.41) is 10.2. The van der Waals surface area contributed by atoms with E-state index in [-0.39, 0.29) is 12.2 Å². The molecule has 43 heavy (non-hydrogen) atoms. The van der Waals surface area contributed by atoms with E-state index >= 15 is 0 Å². The number of benzene rings is 1. The molecule has 1 aromatic carbocycles. The Balaban J connectivity index is 1.05. The van der Waals surface area contributed by atoms with Gasteiger partial charge in [0.25, 0.3) is 0 Å². The van der Waals surface area contributed by atoms with Gasteiger partial charge in [-0.15, -0.1) is 0 Å². The van der Waals surface area contributed by atoms with Crippen LogP contribution in [0.1, 0.15) is 114 Å². The first kappa shape index (κ1) is 33.1. The van der Waals surface area contributed by atoms with E-state index < -0.39 is 34.6 Å². The number of halogens is 7. The summed E-state index contributed by atoms with van der Waals surface area (Å²) in [6, 6.07) is 5.99. The number of phenols is 1. The lowest BCUT2D eigenvalue weighted by atomic mass is 9.50. The molecular weight excluding hydrogens is 593 g/mol. The summed E-state index contributed by atoms with van der Waals surface area (Å²) in [7, 11) is -2.46. The quantitative estimate of drug-likeness (QED) is 0.173. The van der Waals surface area contributed by atoms with Crippen molar-refractivity contribution in [3.63, 3.8) is 0 Å². The number of unbranched alkanes of at least 4 members (excludes halogenated alkanes) is 6. The Labute approximate surface area is 253 Å². The van der Waals surface area contributed by atoms with Gasteiger partial charge in [-0.05, 0) is 116 Å². The van der Waals surface area contributed by atoms with E-state index in [0.717, 1.165) is 50.9 Å². The maximum atomic E-state index is 13.5. The smallest absolute Gasteiger partial charge is 0.459 e. The Morgan fingerprint density at radius 3 is 2.19 bits per heavy atom. The van der Waals surface area contributed by atoms with Crippen LogP contribution < -0.4 is 0 Å². The number of alkyl halides is 7. The lowest BCUT2D eigenvalue weighted by Gasteiger charge is -2.54. The minimum absolute atomic E-state index is 0.249. The van der Waals surface area contributed by atoms with Crippen LogP contribution >= 0.6 is 0 Å². The molecule has 0 bridgehead atoms. The van der Waals surface area contributed by atoms with Crippen molar-refractivity contribution < 1.29 is 40.0 Å². The normalized spacial score (nSPS) is 30.5. The van der Waals surface area contributed by atoms with E-state index in [0.29, 0.717) is 40.8 Å². The van der Waals surface area contributed by atoms with Crippen molar-refractivity contribution in [3.8, 4) is 5.75 Å². The maximum Gasteiger partial charge on any atom is 0.459 e. The molecule has 4 aliphatic carbocycles. The van der Waals surface area contributed by atoms with E-state index in [4.69, 9.17) is 0 Å². The molecule has 0 aliphatic heterocycles. The highest BCUT2D eigenvalue weighted by Crippen LogP contribution is 2.76. The second-order valence-electron chi connectivity index (χ2n) is 14.2. The zero-order valence-electron chi connectivity index (χ0n) is 25.0. The van der Waals surface area contributed by atoms with Gasteiger partial charge in [-0.2, -0.15) is 30.7 Å². The van der Waals surface area contributed by atoms with Gasteiger partial charge in [-0.1, -0.05) is 51.5 Å². The average Bonchev–Trinajstić information content (AvgIpc) is 3.65. The lowest BCUT2D eigenvalue weighted by Crippen LogP contribution is -2.54. The van der Waals surface area contributed by atoms with E-state index in [2.05, 4.69) is 13.0 Å². The van der Waals surface area contributed by atoms with Gasteiger partial charge < -0.3 is 5.11 Å². The van der Waals surface area contributed by atoms with Crippen LogP contribution in [-0.4, -0.2) is 38.8 Å². The average molecular weight is 639 g/mol. The first-order valence-electron chi connectivity index (χ1n) is 16.1. The fourth-order valence-corrected chi connectivity index (χ4v) is 10.6. The minimum Gasteiger partial charge on any atom is -0.508 e. The molecule has 244 valence electrons. The standard InChI is InChI=1S/C33H45F7O2S/c1-29-14-12-26-25-11-10-24(41)20-23(25)19-22(28(26)27(29)13-15-30(29)16-17-30)9-7-5-3-2-4-6-8-18-43(42)21-31(34,35)32(36,37)33(38,39)40/h10-11,20,22,26-28,41H,2-9,12-19,21H2,1H3/t22-,26?,27?,28?,29+,43?/m1/s1. The van der Waals surface area contributed by atoms with E-state index in [1.54, 1.807) is 0 Å². The third-order valence-corrected chi connectivity index (χ3v) is 13.3. The highest BCUT2D eigenvalue weighted by molar-refractivity contribution is 7.85. The zero-order chi connectivity index (χ0) is 31.3. The Bertz CT molecular complexity index is 1160. The van der Waals surface area contributed by atoms with Crippen LogP contribution in [0.25, 0.3) is 0 Å².